The van der Waals surface area contributed by atoms with E-state index in [2.05, 4.69) is 140 Å². The van der Waals surface area contributed by atoms with Crippen LogP contribution in [-0.4, -0.2) is 15.0 Å². The molecule has 3 heterocycles. The Morgan fingerprint density at radius 2 is 0.700 bits per heavy atom. The van der Waals surface area contributed by atoms with Crippen LogP contribution in [0.3, 0.4) is 0 Å². The van der Waals surface area contributed by atoms with Crippen molar-refractivity contribution in [1.82, 2.24) is 15.0 Å². The topological polar surface area (TPSA) is 38.7 Å². The predicted molar refractivity (Wildman–Crippen MR) is 207 cm³/mol. The highest BCUT2D eigenvalue weighted by Crippen LogP contribution is 2.50. The van der Waals surface area contributed by atoms with Crippen LogP contribution in [0.25, 0.3) is 88.7 Å². The minimum atomic E-state index is 0.922. The van der Waals surface area contributed by atoms with Crippen LogP contribution in [0.2, 0.25) is 0 Å². The number of hydrogen-bond acceptors (Lipinski definition) is 3. The van der Waals surface area contributed by atoms with Gasteiger partial charge in [-0.1, -0.05) is 133 Å². The lowest BCUT2D eigenvalue weighted by Crippen LogP contribution is -1.99. The molecule has 0 N–H and O–H groups in total. The number of pyridine rings is 3. The van der Waals surface area contributed by atoms with Gasteiger partial charge in [0, 0.05) is 63.1 Å². The lowest BCUT2D eigenvalue weighted by Gasteiger charge is -2.23. The second-order valence-corrected chi connectivity index (χ2v) is 12.4. The predicted octanol–water partition coefficient (Wildman–Crippen LogP) is 12.2. The van der Waals surface area contributed by atoms with Gasteiger partial charge in [0.2, 0.25) is 0 Å². The Balaban J connectivity index is 1.50. The summed E-state index contributed by atoms with van der Waals surface area (Å²) < 4.78 is 0. The van der Waals surface area contributed by atoms with Crippen LogP contribution in [0.4, 0.5) is 0 Å². The third-order valence-corrected chi connectivity index (χ3v) is 9.40. The molecule has 234 valence electrons. The Morgan fingerprint density at radius 1 is 0.280 bits per heavy atom. The van der Waals surface area contributed by atoms with Crippen LogP contribution in [0.15, 0.2) is 188 Å². The van der Waals surface area contributed by atoms with E-state index >= 15 is 0 Å². The monoisotopic (exact) mass is 637 g/mol. The van der Waals surface area contributed by atoms with Gasteiger partial charge < -0.3 is 0 Å². The molecular formula is C47H31N3. The molecule has 9 rings (SSSR count). The third kappa shape index (κ3) is 5.22. The summed E-state index contributed by atoms with van der Waals surface area (Å²) in [6.45, 7) is 0. The molecule has 0 radical (unpaired) electrons. The molecule has 6 aromatic carbocycles. The first-order chi connectivity index (χ1) is 24.8. The Kier molecular flexibility index (Phi) is 7.49. The summed E-state index contributed by atoms with van der Waals surface area (Å²) in [5, 5.41) is 4.68. The summed E-state index contributed by atoms with van der Waals surface area (Å²) in [5.41, 5.74) is 12.4. The normalized spacial score (nSPS) is 11.2. The van der Waals surface area contributed by atoms with Gasteiger partial charge in [-0.2, -0.15) is 0 Å². The molecule has 0 aliphatic rings. The van der Waals surface area contributed by atoms with Crippen LogP contribution < -0.4 is 0 Å². The Bertz CT molecular complexity index is 2630. The van der Waals surface area contributed by atoms with Crippen LogP contribution in [0, 0.1) is 0 Å². The highest BCUT2D eigenvalue weighted by atomic mass is 14.7. The molecule has 0 aliphatic heterocycles. The zero-order valence-electron chi connectivity index (χ0n) is 27.2. The van der Waals surface area contributed by atoms with Gasteiger partial charge in [0.15, 0.2) is 0 Å². The number of rotatable bonds is 6. The Labute approximate surface area is 291 Å². The first kappa shape index (κ1) is 29.4. The molecule has 3 aromatic heterocycles. The molecule has 9 aromatic rings. The fraction of sp³-hybridized carbons (Fsp3) is 0. The van der Waals surface area contributed by atoms with Crippen LogP contribution >= 0.6 is 0 Å². The molecular weight excluding hydrogens is 607 g/mol. The smallest absolute Gasteiger partial charge is 0.0780 e. The molecule has 0 bridgehead atoms. The van der Waals surface area contributed by atoms with Gasteiger partial charge in [-0.15, -0.1) is 0 Å². The first-order valence-electron chi connectivity index (χ1n) is 16.9. The van der Waals surface area contributed by atoms with Crippen LogP contribution in [0.1, 0.15) is 0 Å². The van der Waals surface area contributed by atoms with E-state index in [-0.39, 0.29) is 0 Å². The van der Waals surface area contributed by atoms with Gasteiger partial charge in [-0.25, -0.2) is 0 Å². The molecule has 3 nitrogen and oxygen atoms in total. The lowest BCUT2D eigenvalue weighted by atomic mass is 9.80. The van der Waals surface area contributed by atoms with Gasteiger partial charge >= 0.3 is 0 Å². The molecule has 50 heavy (non-hydrogen) atoms. The van der Waals surface area contributed by atoms with Crippen molar-refractivity contribution in [2.45, 2.75) is 0 Å². The SMILES string of the molecule is c1ccc(-c2ncccc2-c2cc3cc4ccccc4cc3c(-c3cccnc3-c3ccccc3)c2-c2cccnc2-c2ccccc2)cc1. The van der Waals surface area contributed by atoms with Crippen molar-refractivity contribution in [3.8, 4) is 67.2 Å². The second kappa shape index (κ2) is 12.7. The average molecular weight is 638 g/mol. The highest BCUT2D eigenvalue weighted by molar-refractivity contribution is 6.16. The molecule has 0 aliphatic carbocycles. The van der Waals surface area contributed by atoms with Gasteiger partial charge in [0.25, 0.3) is 0 Å². The summed E-state index contributed by atoms with van der Waals surface area (Å²) >= 11 is 0. The van der Waals surface area contributed by atoms with E-state index in [1.54, 1.807) is 0 Å². The van der Waals surface area contributed by atoms with E-state index in [0.29, 0.717) is 0 Å². The molecule has 0 saturated heterocycles. The number of aromatic nitrogens is 3. The fourth-order valence-corrected chi connectivity index (χ4v) is 7.18. The molecule has 0 amide bonds. The van der Waals surface area contributed by atoms with Crippen molar-refractivity contribution in [2.24, 2.45) is 0 Å². The molecule has 0 atom stereocenters. The molecule has 0 fully saturated rings. The number of hydrogen-bond donors (Lipinski definition) is 0. The summed E-state index contributed by atoms with van der Waals surface area (Å²) in [7, 11) is 0. The average Bonchev–Trinajstić information content (AvgIpc) is 3.20. The van der Waals surface area contributed by atoms with E-state index in [1.807, 2.05) is 48.9 Å². The van der Waals surface area contributed by atoms with Gasteiger partial charge in [-0.3, -0.25) is 15.0 Å². The maximum absolute atomic E-state index is 5.05. The number of fused-ring (bicyclic) bond motifs is 2. The maximum Gasteiger partial charge on any atom is 0.0780 e. The summed E-state index contributed by atoms with van der Waals surface area (Å²) in [6.07, 6.45) is 5.66. The molecule has 0 saturated carbocycles. The molecule has 0 spiro atoms. The largest absolute Gasteiger partial charge is 0.256 e. The van der Waals surface area contributed by atoms with Gasteiger partial charge in [0.05, 0.1) is 17.1 Å². The van der Waals surface area contributed by atoms with Crippen molar-refractivity contribution in [2.75, 3.05) is 0 Å². The van der Waals surface area contributed by atoms with Crippen molar-refractivity contribution in [1.29, 1.82) is 0 Å². The van der Waals surface area contributed by atoms with Crippen LogP contribution in [-0.2, 0) is 0 Å². The summed E-state index contributed by atoms with van der Waals surface area (Å²) in [6, 6.07) is 59.8. The zero-order valence-corrected chi connectivity index (χ0v) is 27.2. The van der Waals surface area contributed by atoms with Crippen molar-refractivity contribution < 1.29 is 0 Å². The zero-order chi connectivity index (χ0) is 33.3. The number of benzene rings is 6. The number of nitrogens with zero attached hydrogens (tertiary/aromatic N) is 3. The van der Waals surface area contributed by atoms with E-state index < -0.39 is 0 Å². The van der Waals surface area contributed by atoms with Crippen LogP contribution in [0.5, 0.6) is 0 Å². The molecule has 0 unspecified atom stereocenters. The second-order valence-electron chi connectivity index (χ2n) is 12.4. The minimum Gasteiger partial charge on any atom is -0.256 e. The van der Waals surface area contributed by atoms with E-state index in [4.69, 9.17) is 15.0 Å². The standard InChI is InChI=1S/C47H31N3/c1-4-15-32(16-5-1)45-38(23-12-26-48-45)42-31-37-29-35-21-10-11-22-36(35)30-41(37)43(39-24-13-27-49-46(39)33-17-6-2-7-18-33)44(42)40-25-14-28-50-47(40)34-19-8-3-9-20-34/h1-31H. The van der Waals surface area contributed by atoms with E-state index in [1.165, 1.54) is 10.8 Å². The van der Waals surface area contributed by atoms with Crippen molar-refractivity contribution >= 4 is 21.5 Å². The van der Waals surface area contributed by atoms with Gasteiger partial charge in [-0.05, 0) is 63.5 Å². The Morgan fingerprint density at radius 3 is 1.22 bits per heavy atom. The Hall–Kier alpha value is -6.71. The highest BCUT2D eigenvalue weighted by Gasteiger charge is 2.25. The lowest BCUT2D eigenvalue weighted by molar-refractivity contribution is 1.31. The fourth-order valence-electron chi connectivity index (χ4n) is 7.18. The van der Waals surface area contributed by atoms with Crippen molar-refractivity contribution in [3.63, 3.8) is 0 Å². The first-order valence-corrected chi connectivity index (χ1v) is 16.9. The maximum atomic E-state index is 5.05. The molecule has 3 heteroatoms. The van der Waals surface area contributed by atoms with Crippen molar-refractivity contribution in [3.05, 3.63) is 188 Å². The summed E-state index contributed by atoms with van der Waals surface area (Å²) in [5.74, 6) is 0. The third-order valence-electron chi connectivity index (χ3n) is 9.40. The quantitative estimate of drug-likeness (QED) is 0.170. The summed E-state index contributed by atoms with van der Waals surface area (Å²) in [4.78, 5) is 15.1. The van der Waals surface area contributed by atoms with E-state index in [9.17, 15) is 0 Å². The van der Waals surface area contributed by atoms with Gasteiger partial charge in [0.1, 0.15) is 0 Å². The minimum absolute atomic E-state index is 0.922. The van der Waals surface area contributed by atoms with E-state index in [0.717, 1.165) is 77.9 Å².